The van der Waals surface area contributed by atoms with Gasteiger partial charge in [-0.25, -0.2) is 4.99 Å². The highest BCUT2D eigenvalue weighted by Gasteiger charge is 2.23. The Balaban J connectivity index is 1.81. The maximum atomic E-state index is 4.74. The van der Waals surface area contributed by atoms with Crippen LogP contribution in [0.2, 0.25) is 0 Å². The maximum absolute atomic E-state index is 4.74. The van der Waals surface area contributed by atoms with Crippen LogP contribution in [0.1, 0.15) is 57.7 Å². The molecule has 0 unspecified atom stereocenters. The minimum atomic E-state index is 0.123. The molecule has 0 radical (unpaired) electrons. The van der Waals surface area contributed by atoms with E-state index < -0.39 is 0 Å². The van der Waals surface area contributed by atoms with Crippen molar-refractivity contribution >= 4 is 11.5 Å². The summed E-state index contributed by atoms with van der Waals surface area (Å²) in [6.45, 7) is 25.4. The second-order valence-electron chi connectivity index (χ2n) is 8.47. The molecule has 1 aromatic carbocycles. The van der Waals surface area contributed by atoms with Crippen molar-refractivity contribution in [3.8, 4) is 0 Å². The zero-order valence-corrected chi connectivity index (χ0v) is 20.3. The van der Waals surface area contributed by atoms with Crippen LogP contribution in [0.5, 0.6) is 0 Å². The molecule has 0 aromatic heterocycles. The van der Waals surface area contributed by atoms with Gasteiger partial charge in [-0.15, -0.1) is 0 Å². The van der Waals surface area contributed by atoms with Crippen LogP contribution in [0.25, 0.3) is 0 Å². The number of amidine groups is 1. The average molecular weight is 442 g/mol. The van der Waals surface area contributed by atoms with Crippen LogP contribution in [0.4, 0.5) is 0 Å². The Hall–Kier alpha value is -3.60. The number of hydrogen-bond acceptors (Lipinski definition) is 5. The fourth-order valence-corrected chi connectivity index (χ4v) is 3.90. The summed E-state index contributed by atoms with van der Waals surface area (Å²) in [5.74, 6) is 1.54. The average Bonchev–Trinajstić information content (AvgIpc) is 3.24. The summed E-state index contributed by atoms with van der Waals surface area (Å²) in [5, 5.41) is 6.84. The van der Waals surface area contributed by atoms with Gasteiger partial charge in [-0.2, -0.15) is 0 Å². The van der Waals surface area contributed by atoms with E-state index in [-0.39, 0.29) is 6.04 Å². The Kier molecular flexibility index (Phi) is 7.54. The first-order valence-corrected chi connectivity index (χ1v) is 11.4. The van der Waals surface area contributed by atoms with Crippen LogP contribution in [-0.2, 0) is 0 Å². The Morgan fingerprint density at radius 1 is 1.21 bits per heavy atom. The van der Waals surface area contributed by atoms with E-state index in [1.807, 2.05) is 37.8 Å². The highest BCUT2D eigenvalue weighted by Crippen LogP contribution is 2.29. The molecule has 1 atom stereocenters. The molecule has 2 aliphatic heterocycles. The molecule has 3 rings (SSSR count). The summed E-state index contributed by atoms with van der Waals surface area (Å²) >= 11 is 0. The lowest BCUT2D eigenvalue weighted by Gasteiger charge is -2.32. The lowest BCUT2D eigenvalue weighted by molar-refractivity contribution is 0.524. The lowest BCUT2D eigenvalue weighted by Crippen LogP contribution is -2.29. The Morgan fingerprint density at radius 3 is 2.45 bits per heavy atom. The monoisotopic (exact) mass is 441 g/mol. The molecule has 0 saturated heterocycles. The summed E-state index contributed by atoms with van der Waals surface area (Å²) in [5.41, 5.74) is 7.72. The van der Waals surface area contributed by atoms with E-state index in [2.05, 4.69) is 73.1 Å². The van der Waals surface area contributed by atoms with E-state index in [1.165, 1.54) is 5.56 Å². The maximum Gasteiger partial charge on any atom is 0.132 e. The standard InChI is InChI=1S/C28H35N5/c1-9-11-25(23-12-14-24(15-13-23)28-29-17-19(5)30-28)31-21(7)26-16-27(18(3)4)33(20(6)10-2)22(8)32-26/h10,12-16,25,31H,3,5,7-9,11,17H2,1-2,4,6H3,(H,29,30)/b20-10-/t25-/m0/s1. The van der Waals surface area contributed by atoms with E-state index in [9.17, 15) is 0 Å². The fourth-order valence-electron chi connectivity index (χ4n) is 3.90. The third-order valence-corrected chi connectivity index (χ3v) is 5.77. The normalized spacial score (nSPS) is 17.2. The SMILES string of the molecule is C=C1CN=C(c2ccc([C@H](CCC)NC(=C)C3=NC(=C)N(/C(C)=C\C)C(C(=C)C)=C3)cc2)N1. The van der Waals surface area contributed by atoms with Crippen molar-refractivity contribution in [1.29, 1.82) is 0 Å². The van der Waals surface area contributed by atoms with Gasteiger partial charge in [0.15, 0.2) is 0 Å². The Labute approximate surface area is 198 Å². The first-order valence-electron chi connectivity index (χ1n) is 11.4. The van der Waals surface area contributed by atoms with Crippen LogP contribution < -0.4 is 10.6 Å². The van der Waals surface area contributed by atoms with Gasteiger partial charge >= 0.3 is 0 Å². The summed E-state index contributed by atoms with van der Waals surface area (Å²) in [4.78, 5) is 11.3. The minimum absolute atomic E-state index is 0.123. The number of nitrogens with one attached hydrogen (secondary N) is 2. The molecule has 5 nitrogen and oxygen atoms in total. The van der Waals surface area contributed by atoms with Gasteiger partial charge < -0.3 is 10.6 Å². The molecule has 0 spiro atoms. The highest BCUT2D eigenvalue weighted by molar-refractivity contribution is 6.09. The van der Waals surface area contributed by atoms with Gasteiger partial charge in [0.25, 0.3) is 0 Å². The van der Waals surface area contributed by atoms with Crippen molar-refractivity contribution in [2.75, 3.05) is 6.54 Å². The van der Waals surface area contributed by atoms with Gasteiger partial charge in [-0.1, -0.05) is 70.0 Å². The first kappa shape index (κ1) is 24.1. The number of aliphatic imine (C=N–C) groups is 2. The molecule has 5 heteroatoms. The fraction of sp³-hybridized carbons (Fsp3) is 0.286. The predicted octanol–water partition coefficient (Wildman–Crippen LogP) is 6.11. The molecule has 0 fully saturated rings. The Morgan fingerprint density at radius 2 is 1.91 bits per heavy atom. The molecule has 0 aliphatic carbocycles. The van der Waals surface area contributed by atoms with E-state index in [0.717, 1.165) is 58.3 Å². The van der Waals surface area contributed by atoms with Crippen molar-refractivity contribution in [3.63, 3.8) is 0 Å². The first-order chi connectivity index (χ1) is 15.7. The molecule has 0 saturated carbocycles. The summed E-state index contributed by atoms with van der Waals surface area (Å²) < 4.78 is 0. The molecule has 2 aliphatic rings. The van der Waals surface area contributed by atoms with Crippen LogP contribution >= 0.6 is 0 Å². The zero-order chi connectivity index (χ0) is 24.1. The van der Waals surface area contributed by atoms with E-state index in [1.54, 1.807) is 0 Å². The van der Waals surface area contributed by atoms with E-state index in [4.69, 9.17) is 4.99 Å². The molecule has 2 N–H and O–H groups in total. The molecule has 1 aromatic rings. The second-order valence-corrected chi connectivity index (χ2v) is 8.47. The topological polar surface area (TPSA) is 52.0 Å². The number of allylic oxidation sites excluding steroid dienone is 4. The minimum Gasteiger partial charge on any atom is -0.377 e. The second kappa shape index (κ2) is 10.3. The summed E-state index contributed by atoms with van der Waals surface area (Å²) in [6.07, 6.45) is 6.09. The van der Waals surface area contributed by atoms with Crippen molar-refractivity contribution in [3.05, 3.63) is 108 Å². The zero-order valence-electron chi connectivity index (χ0n) is 20.3. The van der Waals surface area contributed by atoms with Gasteiger partial charge in [0, 0.05) is 17.0 Å². The quantitative estimate of drug-likeness (QED) is 0.486. The molecule has 172 valence electrons. The van der Waals surface area contributed by atoms with E-state index in [0.29, 0.717) is 12.4 Å². The lowest BCUT2D eigenvalue weighted by atomic mass is 9.99. The third-order valence-electron chi connectivity index (χ3n) is 5.77. The summed E-state index contributed by atoms with van der Waals surface area (Å²) in [7, 11) is 0. The Bertz CT molecular complexity index is 1100. The molecular weight excluding hydrogens is 406 g/mol. The van der Waals surface area contributed by atoms with Crippen LogP contribution in [0.3, 0.4) is 0 Å². The van der Waals surface area contributed by atoms with Gasteiger partial charge in [-0.05, 0) is 44.4 Å². The van der Waals surface area contributed by atoms with Gasteiger partial charge in [0.1, 0.15) is 11.7 Å². The number of nitrogens with zero attached hydrogens (tertiary/aromatic N) is 3. The van der Waals surface area contributed by atoms with Crippen molar-refractivity contribution in [1.82, 2.24) is 15.5 Å². The number of rotatable bonds is 9. The van der Waals surface area contributed by atoms with Crippen LogP contribution in [-0.4, -0.2) is 23.0 Å². The number of hydrogen-bond donors (Lipinski definition) is 2. The van der Waals surface area contributed by atoms with Crippen molar-refractivity contribution in [2.24, 2.45) is 9.98 Å². The highest BCUT2D eigenvalue weighted by atomic mass is 15.2. The van der Waals surface area contributed by atoms with E-state index >= 15 is 0 Å². The van der Waals surface area contributed by atoms with Crippen LogP contribution in [0, 0.1) is 0 Å². The third kappa shape index (κ3) is 5.43. The smallest absolute Gasteiger partial charge is 0.132 e. The molecule has 0 amide bonds. The van der Waals surface area contributed by atoms with Crippen molar-refractivity contribution in [2.45, 2.75) is 46.6 Å². The van der Waals surface area contributed by atoms with Gasteiger partial charge in [0.2, 0.25) is 0 Å². The molecular formula is C28H35N5. The molecule has 33 heavy (non-hydrogen) atoms. The predicted molar refractivity (Wildman–Crippen MR) is 141 cm³/mol. The molecule has 0 bridgehead atoms. The van der Waals surface area contributed by atoms with Gasteiger partial charge in [0.05, 0.1) is 29.7 Å². The van der Waals surface area contributed by atoms with Crippen LogP contribution in [0.15, 0.2) is 107 Å². The van der Waals surface area contributed by atoms with Gasteiger partial charge in [-0.3, -0.25) is 9.89 Å². The number of benzene rings is 1. The largest absolute Gasteiger partial charge is 0.377 e. The summed E-state index contributed by atoms with van der Waals surface area (Å²) in [6, 6.07) is 8.62. The van der Waals surface area contributed by atoms with Crippen molar-refractivity contribution < 1.29 is 0 Å². The molecule has 2 heterocycles.